The minimum atomic E-state index is -0.816. The van der Waals surface area contributed by atoms with Crippen LogP contribution in [0.25, 0.3) is 0 Å². The summed E-state index contributed by atoms with van der Waals surface area (Å²) < 4.78 is 0. The van der Waals surface area contributed by atoms with E-state index in [4.69, 9.17) is 0 Å². The largest absolute Gasteiger partial charge is 0.481 e. The first kappa shape index (κ1) is 27.2. The minimum Gasteiger partial charge on any atom is -0.481 e. The fourth-order valence-electron chi connectivity index (χ4n) is 4.28. The van der Waals surface area contributed by atoms with Gasteiger partial charge in [0.25, 0.3) is 0 Å². The fourth-order valence-corrected chi connectivity index (χ4v) is 4.28. The first-order valence-electron chi connectivity index (χ1n) is 12.3. The summed E-state index contributed by atoms with van der Waals surface area (Å²) in [5.41, 5.74) is 4.40. The highest BCUT2D eigenvalue weighted by atomic mass is 16.4. The number of benzene rings is 2. The second kappa shape index (κ2) is 12.4. The lowest BCUT2D eigenvalue weighted by Gasteiger charge is -2.31. The van der Waals surface area contributed by atoms with Gasteiger partial charge >= 0.3 is 12.0 Å². The van der Waals surface area contributed by atoms with Crippen molar-refractivity contribution in [3.63, 3.8) is 0 Å². The quantitative estimate of drug-likeness (QED) is 0.333. The SMILES string of the molecule is CCC(c1ccc(N(CC(C)C)CC(C)C)c(NC(=O)Nc2ccc(C)cc2)c1)[C@H](C)C(=O)O. The zero-order chi connectivity index (χ0) is 25.4. The van der Waals surface area contributed by atoms with E-state index in [1.54, 1.807) is 6.92 Å². The van der Waals surface area contributed by atoms with E-state index >= 15 is 0 Å². The molecule has 186 valence electrons. The molecule has 1 unspecified atom stereocenters. The molecule has 0 aliphatic rings. The van der Waals surface area contributed by atoms with Crippen LogP contribution in [-0.4, -0.2) is 30.2 Å². The van der Waals surface area contributed by atoms with Crippen LogP contribution in [0.1, 0.15) is 65.0 Å². The van der Waals surface area contributed by atoms with Crippen LogP contribution >= 0.6 is 0 Å². The molecule has 2 atom stereocenters. The zero-order valence-electron chi connectivity index (χ0n) is 21.7. The number of nitrogens with one attached hydrogen (secondary N) is 2. The van der Waals surface area contributed by atoms with Crippen LogP contribution < -0.4 is 15.5 Å². The molecular weight excluding hydrogens is 426 g/mol. The van der Waals surface area contributed by atoms with E-state index in [2.05, 4.69) is 43.2 Å². The summed E-state index contributed by atoms with van der Waals surface area (Å²) in [5.74, 6) is -0.585. The maximum absolute atomic E-state index is 12.9. The molecule has 2 amide bonds. The molecule has 3 N–H and O–H groups in total. The van der Waals surface area contributed by atoms with Crippen molar-refractivity contribution in [2.75, 3.05) is 28.6 Å². The molecule has 6 nitrogen and oxygen atoms in total. The number of hydrogen-bond acceptors (Lipinski definition) is 3. The van der Waals surface area contributed by atoms with Crippen molar-refractivity contribution >= 4 is 29.1 Å². The third-order valence-electron chi connectivity index (χ3n) is 5.95. The predicted octanol–water partition coefficient (Wildman–Crippen LogP) is 6.97. The van der Waals surface area contributed by atoms with Gasteiger partial charge in [0.15, 0.2) is 0 Å². The molecule has 0 spiro atoms. The second-order valence-electron chi connectivity index (χ2n) is 10.1. The highest BCUT2D eigenvalue weighted by Crippen LogP contribution is 2.35. The number of rotatable bonds is 11. The number of hydrogen-bond donors (Lipinski definition) is 3. The van der Waals surface area contributed by atoms with Crippen molar-refractivity contribution in [1.82, 2.24) is 0 Å². The summed E-state index contributed by atoms with van der Waals surface area (Å²) in [6.45, 7) is 16.2. The van der Waals surface area contributed by atoms with Crippen molar-refractivity contribution in [3.05, 3.63) is 53.6 Å². The molecule has 0 saturated heterocycles. The van der Waals surface area contributed by atoms with Crippen LogP contribution in [0.15, 0.2) is 42.5 Å². The number of urea groups is 1. The van der Waals surface area contributed by atoms with Gasteiger partial charge in [0.2, 0.25) is 0 Å². The van der Waals surface area contributed by atoms with Gasteiger partial charge in [-0.05, 0) is 60.9 Å². The van der Waals surface area contributed by atoms with E-state index in [1.165, 1.54) is 0 Å². The Morgan fingerprint density at radius 1 is 0.912 bits per heavy atom. The van der Waals surface area contributed by atoms with Gasteiger partial charge in [-0.3, -0.25) is 4.79 Å². The molecule has 0 fully saturated rings. The summed E-state index contributed by atoms with van der Waals surface area (Å²) in [4.78, 5) is 26.9. The zero-order valence-corrected chi connectivity index (χ0v) is 21.7. The van der Waals surface area contributed by atoms with Crippen LogP contribution in [0.2, 0.25) is 0 Å². The van der Waals surface area contributed by atoms with Crippen LogP contribution in [0.5, 0.6) is 0 Å². The predicted molar refractivity (Wildman–Crippen MR) is 142 cm³/mol. The molecule has 34 heavy (non-hydrogen) atoms. The van der Waals surface area contributed by atoms with Crippen LogP contribution in [0, 0.1) is 24.7 Å². The Bertz CT molecular complexity index is 944. The van der Waals surface area contributed by atoms with E-state index in [9.17, 15) is 14.7 Å². The number of carbonyl (C=O) groups excluding carboxylic acids is 1. The van der Waals surface area contributed by atoms with Gasteiger partial charge in [-0.15, -0.1) is 0 Å². The average Bonchev–Trinajstić information content (AvgIpc) is 2.74. The summed E-state index contributed by atoms with van der Waals surface area (Å²) >= 11 is 0. The lowest BCUT2D eigenvalue weighted by atomic mass is 9.85. The highest BCUT2D eigenvalue weighted by molar-refractivity contribution is 6.02. The summed E-state index contributed by atoms with van der Waals surface area (Å²) in [6.07, 6.45) is 0.698. The van der Waals surface area contributed by atoms with Crippen molar-refractivity contribution in [2.45, 2.75) is 60.8 Å². The van der Waals surface area contributed by atoms with E-state index in [0.29, 0.717) is 29.6 Å². The lowest BCUT2D eigenvalue weighted by Crippen LogP contribution is -2.32. The number of amides is 2. The summed E-state index contributed by atoms with van der Waals surface area (Å²) in [7, 11) is 0. The highest BCUT2D eigenvalue weighted by Gasteiger charge is 2.25. The average molecular weight is 468 g/mol. The summed E-state index contributed by atoms with van der Waals surface area (Å²) in [6, 6.07) is 13.3. The summed E-state index contributed by atoms with van der Waals surface area (Å²) in [5, 5.41) is 15.6. The van der Waals surface area contributed by atoms with Crippen LogP contribution in [0.4, 0.5) is 21.9 Å². The first-order chi connectivity index (χ1) is 16.0. The Kier molecular flexibility index (Phi) is 9.97. The molecule has 2 aromatic rings. The van der Waals surface area contributed by atoms with Gasteiger partial charge in [-0.25, -0.2) is 4.79 Å². The number of carboxylic acid groups (broad SMARTS) is 1. The van der Waals surface area contributed by atoms with E-state index < -0.39 is 11.9 Å². The molecule has 0 aliphatic heterocycles. The van der Waals surface area contributed by atoms with Gasteiger partial charge in [0, 0.05) is 18.8 Å². The molecular formula is C28H41N3O3. The molecule has 0 bridgehead atoms. The van der Waals surface area contributed by atoms with E-state index in [0.717, 1.165) is 29.9 Å². The topological polar surface area (TPSA) is 81.7 Å². The van der Waals surface area contributed by atoms with Gasteiger partial charge in [0.05, 0.1) is 17.3 Å². The molecule has 2 rings (SSSR count). The molecule has 0 saturated carbocycles. The van der Waals surface area contributed by atoms with Crippen LogP contribution in [-0.2, 0) is 4.79 Å². The number of nitrogens with zero attached hydrogens (tertiary/aromatic N) is 1. The Balaban J connectivity index is 2.45. The van der Waals surface area contributed by atoms with Gasteiger partial charge in [0.1, 0.15) is 0 Å². The third-order valence-corrected chi connectivity index (χ3v) is 5.95. The van der Waals surface area contributed by atoms with Crippen molar-refractivity contribution in [3.8, 4) is 0 Å². The number of carbonyl (C=O) groups is 2. The van der Waals surface area contributed by atoms with Gasteiger partial charge in [-0.2, -0.15) is 0 Å². The smallest absolute Gasteiger partial charge is 0.323 e. The van der Waals surface area contributed by atoms with Gasteiger partial charge < -0.3 is 20.6 Å². The van der Waals surface area contributed by atoms with Gasteiger partial charge in [-0.1, -0.05) is 65.3 Å². The lowest BCUT2D eigenvalue weighted by molar-refractivity contribution is -0.141. The van der Waals surface area contributed by atoms with Crippen molar-refractivity contribution < 1.29 is 14.7 Å². The minimum absolute atomic E-state index is 0.143. The molecule has 0 radical (unpaired) electrons. The molecule has 6 heteroatoms. The Hall–Kier alpha value is -3.02. The fraction of sp³-hybridized carbons (Fsp3) is 0.500. The van der Waals surface area contributed by atoms with Crippen molar-refractivity contribution in [2.24, 2.45) is 17.8 Å². The molecule has 0 aromatic heterocycles. The number of carboxylic acids is 1. The second-order valence-corrected chi connectivity index (χ2v) is 10.1. The van der Waals surface area contributed by atoms with Crippen LogP contribution in [0.3, 0.4) is 0 Å². The number of anilines is 3. The third kappa shape index (κ3) is 7.79. The normalized spacial score (nSPS) is 13.0. The Morgan fingerprint density at radius 2 is 1.50 bits per heavy atom. The number of aliphatic carboxylic acids is 1. The molecule has 0 aliphatic carbocycles. The van der Waals surface area contributed by atoms with E-state index in [1.807, 2.05) is 56.3 Å². The molecule has 0 heterocycles. The standard InChI is InChI=1S/C28H41N3O3/c1-8-24(21(7)27(32)33)22-11-14-26(31(16-18(2)3)17-19(4)5)25(15-22)30-28(34)29-23-12-9-20(6)10-13-23/h9-15,18-19,21,24H,8,16-17H2,1-7H3,(H,32,33)(H2,29,30,34)/t21-,24?/m0/s1. The Morgan fingerprint density at radius 3 is 2.00 bits per heavy atom. The maximum atomic E-state index is 12.9. The number of aryl methyl sites for hydroxylation is 1. The Labute approximate surface area is 204 Å². The maximum Gasteiger partial charge on any atom is 0.323 e. The molecule has 2 aromatic carbocycles. The monoisotopic (exact) mass is 467 g/mol. The van der Waals surface area contributed by atoms with Crippen molar-refractivity contribution in [1.29, 1.82) is 0 Å². The van der Waals surface area contributed by atoms with E-state index in [-0.39, 0.29) is 11.9 Å². The first-order valence-corrected chi connectivity index (χ1v) is 12.3.